The van der Waals surface area contributed by atoms with Crippen molar-refractivity contribution in [2.45, 2.75) is 6.04 Å². The van der Waals surface area contributed by atoms with Crippen LogP contribution in [0.1, 0.15) is 10.4 Å². The molecule has 0 aromatic heterocycles. The average molecular weight is 292 g/mol. The number of benzene rings is 1. The lowest BCUT2D eigenvalue weighted by Gasteiger charge is -2.14. The lowest BCUT2D eigenvalue weighted by Crippen LogP contribution is -2.43. The minimum atomic E-state index is -1.19. The number of amides is 1. The quantitative estimate of drug-likeness (QED) is 0.868. The Morgan fingerprint density at radius 3 is 2.67 bits per heavy atom. The fourth-order valence-electron chi connectivity index (χ4n) is 1.25. The van der Waals surface area contributed by atoms with Crippen LogP contribution in [0.25, 0.3) is 0 Å². The number of aliphatic carboxylic acids is 1. The Hall–Kier alpha value is -1.30. The van der Waals surface area contributed by atoms with Crippen LogP contribution in [0.15, 0.2) is 18.2 Å². The van der Waals surface area contributed by atoms with Gasteiger partial charge in [-0.1, -0.05) is 23.2 Å². The molecule has 1 amide bonds. The van der Waals surface area contributed by atoms with Gasteiger partial charge in [-0.05, 0) is 18.2 Å². The van der Waals surface area contributed by atoms with Crippen molar-refractivity contribution in [3.63, 3.8) is 0 Å². The maximum Gasteiger partial charge on any atom is 0.328 e. The summed E-state index contributed by atoms with van der Waals surface area (Å²) < 4.78 is 4.70. The molecule has 0 unspecified atom stereocenters. The number of methoxy groups -OCH3 is 1. The molecule has 2 N–H and O–H groups in total. The minimum Gasteiger partial charge on any atom is -0.480 e. The molecule has 0 saturated carbocycles. The van der Waals surface area contributed by atoms with Crippen molar-refractivity contribution in [1.82, 2.24) is 5.32 Å². The van der Waals surface area contributed by atoms with E-state index in [9.17, 15) is 9.59 Å². The second kappa shape index (κ2) is 6.58. The molecule has 0 aliphatic rings. The zero-order valence-electron chi connectivity index (χ0n) is 9.44. The maximum atomic E-state index is 11.8. The molecule has 7 heteroatoms. The van der Waals surface area contributed by atoms with E-state index in [1.165, 1.54) is 25.3 Å². The van der Waals surface area contributed by atoms with Gasteiger partial charge in [0.2, 0.25) is 0 Å². The molecule has 0 bridgehead atoms. The van der Waals surface area contributed by atoms with Crippen LogP contribution in [-0.4, -0.2) is 36.7 Å². The number of hydrogen-bond acceptors (Lipinski definition) is 3. The Labute approximate surface area is 114 Å². The molecule has 0 saturated heterocycles. The Morgan fingerprint density at radius 2 is 2.11 bits per heavy atom. The topological polar surface area (TPSA) is 75.6 Å². The first-order valence-electron chi connectivity index (χ1n) is 4.93. The summed E-state index contributed by atoms with van der Waals surface area (Å²) in [6, 6.07) is 3.22. The summed E-state index contributed by atoms with van der Waals surface area (Å²) in [6.07, 6.45) is 0. The van der Waals surface area contributed by atoms with E-state index in [4.69, 9.17) is 33.0 Å². The summed E-state index contributed by atoms with van der Waals surface area (Å²) in [5.74, 6) is -1.81. The van der Waals surface area contributed by atoms with Crippen LogP contribution in [0.3, 0.4) is 0 Å². The Kier molecular flexibility index (Phi) is 5.40. The van der Waals surface area contributed by atoms with E-state index in [-0.39, 0.29) is 17.2 Å². The molecular formula is C11H11Cl2NO4. The summed E-state index contributed by atoms with van der Waals surface area (Å²) in [6.45, 7) is -0.140. The van der Waals surface area contributed by atoms with Crippen molar-refractivity contribution in [2.75, 3.05) is 13.7 Å². The van der Waals surface area contributed by atoms with E-state index in [1.807, 2.05) is 0 Å². The number of halogens is 2. The molecule has 18 heavy (non-hydrogen) atoms. The third-order valence-electron chi connectivity index (χ3n) is 2.11. The van der Waals surface area contributed by atoms with Crippen molar-refractivity contribution in [2.24, 2.45) is 0 Å². The van der Waals surface area contributed by atoms with Crippen LogP contribution in [0.5, 0.6) is 0 Å². The third-order valence-corrected chi connectivity index (χ3v) is 2.67. The number of ether oxygens (including phenoxy) is 1. The summed E-state index contributed by atoms with van der Waals surface area (Å²) in [5.41, 5.74) is 0.117. The molecule has 1 aromatic rings. The normalized spacial score (nSPS) is 11.9. The lowest BCUT2D eigenvalue weighted by molar-refractivity contribution is -0.140. The average Bonchev–Trinajstić information content (AvgIpc) is 2.31. The molecule has 0 aliphatic heterocycles. The fraction of sp³-hybridized carbons (Fsp3) is 0.273. The van der Waals surface area contributed by atoms with Gasteiger partial charge in [0.1, 0.15) is 0 Å². The van der Waals surface area contributed by atoms with Crippen molar-refractivity contribution < 1.29 is 19.4 Å². The van der Waals surface area contributed by atoms with Crippen molar-refractivity contribution >= 4 is 35.1 Å². The number of nitrogens with one attached hydrogen (secondary N) is 1. The van der Waals surface area contributed by atoms with E-state index in [0.717, 1.165) is 0 Å². The van der Waals surface area contributed by atoms with E-state index in [0.29, 0.717) is 5.02 Å². The van der Waals surface area contributed by atoms with Gasteiger partial charge in [0.25, 0.3) is 5.91 Å². The zero-order valence-corrected chi connectivity index (χ0v) is 11.0. The molecule has 98 valence electrons. The molecule has 1 rings (SSSR count). The predicted molar refractivity (Wildman–Crippen MR) is 67.2 cm³/mol. The first-order chi connectivity index (χ1) is 8.45. The van der Waals surface area contributed by atoms with Crippen LogP contribution in [0.4, 0.5) is 0 Å². The van der Waals surface area contributed by atoms with Crippen LogP contribution in [-0.2, 0) is 9.53 Å². The Balaban J connectivity index is 2.86. The number of rotatable bonds is 5. The third kappa shape index (κ3) is 3.87. The van der Waals surface area contributed by atoms with Crippen molar-refractivity contribution in [1.29, 1.82) is 0 Å². The van der Waals surface area contributed by atoms with Crippen LogP contribution < -0.4 is 5.32 Å². The molecule has 0 fully saturated rings. The monoisotopic (exact) mass is 291 g/mol. The Bertz CT molecular complexity index is 464. The molecule has 0 radical (unpaired) electrons. The van der Waals surface area contributed by atoms with Crippen LogP contribution in [0.2, 0.25) is 10.0 Å². The SMILES string of the molecule is COC[C@H](NC(=O)c1cc(Cl)ccc1Cl)C(=O)O. The van der Waals surface area contributed by atoms with Crippen LogP contribution in [0, 0.1) is 0 Å². The Morgan fingerprint density at radius 1 is 1.44 bits per heavy atom. The number of carbonyl (C=O) groups is 2. The van der Waals surface area contributed by atoms with Gasteiger partial charge < -0.3 is 15.2 Å². The van der Waals surface area contributed by atoms with E-state index < -0.39 is 17.9 Å². The summed E-state index contributed by atoms with van der Waals surface area (Å²) >= 11 is 11.6. The van der Waals surface area contributed by atoms with Crippen LogP contribution >= 0.6 is 23.2 Å². The number of carboxylic acids is 1. The summed E-state index contributed by atoms with van der Waals surface area (Å²) in [5, 5.41) is 11.7. The van der Waals surface area contributed by atoms with Gasteiger partial charge in [-0.15, -0.1) is 0 Å². The van der Waals surface area contributed by atoms with Gasteiger partial charge in [-0.25, -0.2) is 4.79 Å². The predicted octanol–water partition coefficient (Wildman–Crippen LogP) is 1.82. The van der Waals surface area contributed by atoms with E-state index >= 15 is 0 Å². The highest BCUT2D eigenvalue weighted by molar-refractivity contribution is 6.35. The second-order valence-electron chi connectivity index (χ2n) is 3.44. The van der Waals surface area contributed by atoms with E-state index in [2.05, 4.69) is 5.32 Å². The van der Waals surface area contributed by atoms with Crippen molar-refractivity contribution in [3.8, 4) is 0 Å². The number of hydrogen-bond donors (Lipinski definition) is 2. The van der Waals surface area contributed by atoms with Gasteiger partial charge in [0.05, 0.1) is 17.2 Å². The van der Waals surface area contributed by atoms with Gasteiger partial charge in [0.15, 0.2) is 6.04 Å². The standard InChI is InChI=1S/C11H11Cl2NO4/c1-18-5-9(11(16)17)14-10(15)7-4-6(12)2-3-8(7)13/h2-4,9H,5H2,1H3,(H,14,15)(H,16,17)/t9-/m0/s1. The highest BCUT2D eigenvalue weighted by atomic mass is 35.5. The highest BCUT2D eigenvalue weighted by Gasteiger charge is 2.21. The largest absolute Gasteiger partial charge is 0.480 e. The van der Waals surface area contributed by atoms with Gasteiger partial charge >= 0.3 is 5.97 Å². The molecule has 0 spiro atoms. The molecule has 1 atom stereocenters. The lowest BCUT2D eigenvalue weighted by atomic mass is 10.2. The highest BCUT2D eigenvalue weighted by Crippen LogP contribution is 2.20. The first kappa shape index (κ1) is 14.8. The van der Waals surface area contributed by atoms with E-state index in [1.54, 1.807) is 0 Å². The molecule has 0 aliphatic carbocycles. The minimum absolute atomic E-state index is 0.117. The first-order valence-corrected chi connectivity index (χ1v) is 5.69. The molecule has 1 aromatic carbocycles. The number of carboxylic acid groups (broad SMARTS) is 1. The molecular weight excluding hydrogens is 281 g/mol. The number of carbonyl (C=O) groups excluding carboxylic acids is 1. The van der Waals surface area contributed by atoms with Gasteiger partial charge in [-0.3, -0.25) is 4.79 Å². The summed E-state index contributed by atoms with van der Waals surface area (Å²) in [4.78, 5) is 22.7. The second-order valence-corrected chi connectivity index (χ2v) is 4.29. The van der Waals surface area contributed by atoms with Crippen molar-refractivity contribution in [3.05, 3.63) is 33.8 Å². The van der Waals surface area contributed by atoms with Gasteiger partial charge in [0, 0.05) is 12.1 Å². The molecule has 0 heterocycles. The maximum absolute atomic E-state index is 11.8. The fourth-order valence-corrected chi connectivity index (χ4v) is 1.62. The smallest absolute Gasteiger partial charge is 0.328 e. The zero-order chi connectivity index (χ0) is 13.7. The molecule has 5 nitrogen and oxygen atoms in total. The van der Waals surface area contributed by atoms with Gasteiger partial charge in [-0.2, -0.15) is 0 Å². The summed E-state index contributed by atoms with van der Waals surface area (Å²) in [7, 11) is 1.34.